The van der Waals surface area contributed by atoms with Crippen LogP contribution < -0.4 is 30.4 Å². The number of alkyl carbamates (subject to hydrolysis) is 4. The number of hydrogen-bond acceptors (Lipinski definition) is 24. The van der Waals surface area contributed by atoms with Crippen molar-refractivity contribution in [2.24, 2.45) is 23.7 Å². The summed E-state index contributed by atoms with van der Waals surface area (Å²) in [5, 5.41) is 10.7. The second kappa shape index (κ2) is 58.5. The van der Waals surface area contributed by atoms with Gasteiger partial charge in [0.2, 0.25) is 0 Å². The molecule has 4 amide bonds. The number of hydrogen-bond donors (Lipinski definition) is 4. The van der Waals surface area contributed by atoms with E-state index >= 15 is 0 Å². The van der Waals surface area contributed by atoms with Crippen molar-refractivity contribution >= 4 is 72.1 Å². The van der Waals surface area contributed by atoms with E-state index in [2.05, 4.69) is 44.9 Å². The molecule has 30 nitrogen and oxygen atoms in total. The highest BCUT2D eigenvalue weighted by Crippen LogP contribution is 2.28. The van der Waals surface area contributed by atoms with Gasteiger partial charge < -0.3 is 78.1 Å². The maximum atomic E-state index is 14.0. The molecule has 4 N–H and O–H groups in total. The number of benzene rings is 4. The van der Waals surface area contributed by atoms with E-state index in [0.717, 1.165) is 39.8 Å². The summed E-state index contributed by atoms with van der Waals surface area (Å²) in [5.41, 5.74) is 1.03. The lowest BCUT2D eigenvalue weighted by atomic mass is 9.93. The van der Waals surface area contributed by atoms with E-state index in [0.29, 0.717) is 93.1 Å². The number of rotatable bonds is 44. The third-order valence-electron chi connectivity index (χ3n) is 21.3. The summed E-state index contributed by atoms with van der Waals surface area (Å²) < 4.78 is 71.7. The van der Waals surface area contributed by atoms with Gasteiger partial charge in [0.15, 0.2) is 24.8 Å². The van der Waals surface area contributed by atoms with Crippen LogP contribution in [0.25, 0.3) is 0 Å². The standard InChI is InChI=1S/C64H77N3O12.C52H85N3O12/c1-46(57(68)74-42-48-25-13-9-14-26-48)24-21-22-39-67-40-52(36-35-47(2)58(69)75-43-49-27-15-10-16-28-49)54(33-23-34-55(65-61(72)78-63(3,4)5)59(70)76-44-50-29-17-11-18-30-50)53(41-67)37-38-56(66-62(73)79-64(6,7)8)60(71)77-45-51-31-19-12-20-32-51;1-34(41(56)62-47(3,4)5)24-21-22-31-55-32-36(28-27-35(2)42(57)63-48(6,7)8)38(25-23-26-39(43(58)64-49(9,10)11)53-45(60)66-51(15,16)17)37(33-55)29-30-40(44(59)65-50(12,13)14)54-46(61)67-52(18,19)20/h9-20,25-32,40-41,46-47,55-56H,21-22,24,34-39,42-45H2,1-8H3,(H-,65,66,72,73);32-35,39-40H,21-22,24,26-31H2,1-20H3,(H-,53,54,60,61)/p+2/t46-,47-,55-,56-;34-,35-,39-,40-/m00/s1. The Kier molecular flexibility index (Phi) is 49.5. The quantitative estimate of drug-likeness (QED) is 0.00907. The van der Waals surface area contributed by atoms with Gasteiger partial charge >= 0.3 is 72.1 Å². The number of carbonyl (C=O) groups is 12. The monoisotopic (exact) mass is 2030 g/mol. The fourth-order valence-electron chi connectivity index (χ4n) is 14.3. The van der Waals surface area contributed by atoms with Gasteiger partial charge in [-0.05, 0) is 265 Å². The van der Waals surface area contributed by atoms with E-state index in [4.69, 9.17) is 56.8 Å². The van der Waals surface area contributed by atoms with Crippen molar-refractivity contribution in [1.82, 2.24) is 21.3 Å². The third-order valence-corrected chi connectivity index (χ3v) is 21.3. The molecule has 0 saturated heterocycles. The number of ether oxygens (including phenoxy) is 12. The molecule has 800 valence electrons. The highest BCUT2D eigenvalue weighted by Gasteiger charge is 2.36. The number of aromatic nitrogens is 2. The normalized spacial score (nSPS) is 13.4. The van der Waals surface area contributed by atoms with Crippen LogP contribution in [0.1, 0.15) is 327 Å². The summed E-state index contributed by atoms with van der Waals surface area (Å²) in [6.45, 7) is 50.7. The molecular weight excluding hydrogens is 1860 g/mol. The minimum absolute atomic E-state index is 0.0278. The van der Waals surface area contributed by atoms with Gasteiger partial charge in [0, 0.05) is 59.1 Å². The van der Waals surface area contributed by atoms with Crippen LogP contribution >= 0.6 is 0 Å². The number of nitrogens with zero attached hydrogens (tertiary/aromatic N) is 2. The Morgan fingerprint density at radius 2 is 0.479 bits per heavy atom. The van der Waals surface area contributed by atoms with Crippen LogP contribution in [0.15, 0.2) is 146 Å². The molecule has 6 rings (SSSR count). The molecule has 0 spiro atoms. The maximum absolute atomic E-state index is 14.0. The summed E-state index contributed by atoms with van der Waals surface area (Å²) in [7, 11) is 0. The van der Waals surface area contributed by atoms with Gasteiger partial charge in [-0.25, -0.2) is 47.5 Å². The molecule has 0 aliphatic carbocycles. The Labute approximate surface area is 866 Å². The molecule has 0 aliphatic rings. The SMILES string of the molecule is C[C@@H](CCCC[n+]1cc(CC[C@H](NC(=O)OC(C)(C)C)C(=O)OC(C)(C)C)c(C#CC[C@H](NC(=O)OC(C)(C)C)C(=O)OC(C)(C)C)c(CC[C@H](C)C(=O)OC(C)(C)C)c1)C(=O)OC(C)(C)C.C[C@@H](CCCC[n+]1cc(CC[C@H](NC(=O)OC(C)(C)C)C(=O)OCc2ccccc2)c(C#CC[C@H](NC(=O)OC(C)(C)C)C(=O)OCc2ccccc2)c(CC[C@H](C)C(=O)OCc2ccccc2)c1)C(=O)OCc1ccccc1. The van der Waals surface area contributed by atoms with E-state index in [1.807, 2.05) is 224 Å². The summed E-state index contributed by atoms with van der Waals surface area (Å²) in [6, 6.07) is 32.6. The molecule has 0 radical (unpaired) electrons. The first kappa shape index (κ1) is 124. The van der Waals surface area contributed by atoms with Gasteiger partial charge in [0.05, 0.1) is 23.7 Å². The van der Waals surface area contributed by atoms with Gasteiger partial charge in [0.25, 0.3) is 0 Å². The number of nitrogens with one attached hydrogen (secondary N) is 4. The Balaban J connectivity index is 0.000000522. The average Bonchev–Trinajstić information content (AvgIpc) is 0.814. The van der Waals surface area contributed by atoms with Crippen LogP contribution in [0.5, 0.6) is 0 Å². The van der Waals surface area contributed by atoms with Crippen molar-refractivity contribution in [1.29, 1.82) is 0 Å². The van der Waals surface area contributed by atoms with E-state index < -0.39 is 129 Å². The van der Waals surface area contributed by atoms with Crippen LogP contribution in [-0.2, 0) is 160 Å². The molecule has 0 fully saturated rings. The molecule has 0 aliphatic heterocycles. The lowest BCUT2D eigenvalue weighted by molar-refractivity contribution is -0.698. The van der Waals surface area contributed by atoms with E-state index in [-0.39, 0.29) is 101 Å². The number of amides is 4. The second-order valence-electron chi connectivity index (χ2n) is 44.9. The zero-order valence-electron chi connectivity index (χ0n) is 91.7. The van der Waals surface area contributed by atoms with Crippen LogP contribution in [0.3, 0.4) is 0 Å². The molecule has 0 bridgehead atoms. The smallest absolute Gasteiger partial charge is 0.408 e. The molecule has 8 atom stereocenters. The number of unbranched alkanes of at least 4 members (excludes halogenated alkanes) is 2. The van der Waals surface area contributed by atoms with Gasteiger partial charge in [0.1, 0.15) is 108 Å². The molecule has 0 unspecified atom stereocenters. The van der Waals surface area contributed by atoms with Gasteiger partial charge in [-0.1, -0.05) is 173 Å². The summed E-state index contributed by atoms with van der Waals surface area (Å²) in [6.07, 6.45) is 10.4. The number of pyridine rings is 2. The van der Waals surface area contributed by atoms with Gasteiger partial charge in [-0.2, -0.15) is 0 Å². The van der Waals surface area contributed by atoms with Crippen molar-refractivity contribution in [2.75, 3.05) is 0 Å². The third kappa shape index (κ3) is 52.8. The second-order valence-corrected chi connectivity index (χ2v) is 44.9. The number of aryl methyl sites for hydroxylation is 6. The highest BCUT2D eigenvalue weighted by molar-refractivity contribution is 5.85. The van der Waals surface area contributed by atoms with E-state index in [1.165, 1.54) is 0 Å². The number of esters is 8. The summed E-state index contributed by atoms with van der Waals surface area (Å²) >= 11 is 0. The fourth-order valence-corrected chi connectivity index (χ4v) is 14.3. The average molecular weight is 2030 g/mol. The van der Waals surface area contributed by atoms with Gasteiger partial charge in [-0.15, -0.1) is 0 Å². The maximum Gasteiger partial charge on any atom is 0.408 e. The van der Waals surface area contributed by atoms with Crippen molar-refractivity contribution in [2.45, 2.75) is 405 Å². The molecule has 6 aromatic rings. The molecule has 146 heavy (non-hydrogen) atoms. The first-order valence-electron chi connectivity index (χ1n) is 50.7. The van der Waals surface area contributed by atoms with Crippen LogP contribution in [0.4, 0.5) is 19.2 Å². The van der Waals surface area contributed by atoms with Crippen LogP contribution in [-0.4, -0.2) is 141 Å². The molecule has 30 heteroatoms. The molecule has 4 aromatic carbocycles. The summed E-state index contributed by atoms with van der Waals surface area (Å²) in [5.74, 6) is 7.30. The Hall–Kier alpha value is -12.9. The Morgan fingerprint density at radius 3 is 0.767 bits per heavy atom. The zero-order chi connectivity index (χ0) is 109. The Bertz CT molecular complexity index is 5350. The van der Waals surface area contributed by atoms with Crippen molar-refractivity contribution in [3.63, 3.8) is 0 Å². The molecular formula is C116H164N6O24+2. The Morgan fingerprint density at radius 1 is 0.260 bits per heavy atom. The lowest BCUT2D eigenvalue weighted by Crippen LogP contribution is -2.46. The molecule has 0 saturated carbocycles. The first-order valence-corrected chi connectivity index (χ1v) is 50.7. The largest absolute Gasteiger partial charge is 0.461 e. The minimum Gasteiger partial charge on any atom is -0.461 e. The highest BCUT2D eigenvalue weighted by atomic mass is 16.6. The molecule has 2 aromatic heterocycles. The zero-order valence-corrected chi connectivity index (χ0v) is 91.7. The predicted octanol–water partition coefficient (Wildman–Crippen LogP) is 20.0. The van der Waals surface area contributed by atoms with E-state index in [1.54, 1.807) is 125 Å². The predicted molar refractivity (Wildman–Crippen MR) is 555 cm³/mol. The minimum atomic E-state index is -1.23. The fraction of sp³-hybridized carbons (Fsp3) is 0.569. The van der Waals surface area contributed by atoms with Crippen LogP contribution in [0, 0.1) is 47.4 Å². The van der Waals surface area contributed by atoms with Crippen molar-refractivity contribution < 1.29 is 124 Å². The van der Waals surface area contributed by atoms with E-state index in [9.17, 15) is 57.5 Å². The van der Waals surface area contributed by atoms with Crippen molar-refractivity contribution in [3.8, 4) is 23.7 Å². The van der Waals surface area contributed by atoms with Crippen molar-refractivity contribution in [3.05, 3.63) is 202 Å². The van der Waals surface area contributed by atoms with Crippen LogP contribution in [0.2, 0.25) is 0 Å². The summed E-state index contributed by atoms with van der Waals surface area (Å²) in [4.78, 5) is 160. The van der Waals surface area contributed by atoms with Gasteiger partial charge in [-0.3, -0.25) is 19.2 Å². The number of carbonyl (C=O) groups excluding carboxylic acids is 12. The molecule has 2 heterocycles. The first-order chi connectivity index (χ1) is 67.9. The lowest BCUT2D eigenvalue weighted by Gasteiger charge is -2.26. The topological polar surface area (TPSA) is 371 Å².